The Morgan fingerprint density at radius 2 is 2.20 bits per heavy atom. The van der Waals surface area contributed by atoms with Crippen molar-refractivity contribution >= 4 is 5.69 Å². The molecule has 80 valence electrons. The highest BCUT2D eigenvalue weighted by atomic mass is 15.0. The number of para-hydroxylation sites is 1. The molecule has 1 aromatic rings. The Bertz CT molecular complexity index is 346. The Kier molecular flexibility index (Phi) is 3.07. The summed E-state index contributed by atoms with van der Waals surface area (Å²) in [5, 5.41) is 3.54. The molecule has 0 spiro atoms. The molecule has 0 aromatic heterocycles. The van der Waals surface area contributed by atoms with Gasteiger partial charge in [0.2, 0.25) is 0 Å². The van der Waals surface area contributed by atoms with Crippen LogP contribution in [0, 0.1) is 0 Å². The van der Waals surface area contributed by atoms with Crippen molar-refractivity contribution in [2.45, 2.75) is 24.8 Å². The lowest BCUT2D eigenvalue weighted by Gasteiger charge is -2.18. The zero-order chi connectivity index (χ0) is 10.7. The molecule has 1 heterocycles. The molecule has 1 aliphatic heterocycles. The second kappa shape index (κ2) is 4.49. The van der Waals surface area contributed by atoms with Crippen LogP contribution in [-0.4, -0.2) is 12.6 Å². The highest BCUT2D eigenvalue weighted by Gasteiger charge is 2.29. The fraction of sp³-hybridized carbons (Fsp3) is 0.385. The minimum Gasteiger partial charge on any atom is -0.381 e. The Hall–Kier alpha value is -1.28. The number of hydrogen-bond donors (Lipinski definition) is 2. The first-order valence-electron chi connectivity index (χ1n) is 5.53. The topological polar surface area (TPSA) is 38.0 Å². The molecule has 0 saturated carbocycles. The van der Waals surface area contributed by atoms with Crippen molar-refractivity contribution in [2.75, 3.05) is 11.9 Å². The molecule has 2 atom stereocenters. The van der Waals surface area contributed by atoms with Crippen molar-refractivity contribution in [1.29, 1.82) is 0 Å². The van der Waals surface area contributed by atoms with Crippen LogP contribution in [0.25, 0.3) is 0 Å². The minimum atomic E-state index is 0.475. The Balaban J connectivity index is 2.24. The Morgan fingerprint density at radius 3 is 2.93 bits per heavy atom. The number of fused-ring (bicyclic) bond motifs is 1. The second-order valence-corrected chi connectivity index (χ2v) is 4.05. The zero-order valence-electron chi connectivity index (χ0n) is 8.95. The van der Waals surface area contributed by atoms with E-state index in [9.17, 15) is 0 Å². The Labute approximate surface area is 91.2 Å². The molecule has 1 aliphatic rings. The number of rotatable bonds is 4. The van der Waals surface area contributed by atoms with E-state index in [2.05, 4.69) is 36.2 Å². The molecule has 0 unspecified atom stereocenters. The van der Waals surface area contributed by atoms with Gasteiger partial charge in [-0.25, -0.2) is 0 Å². The molecule has 2 nitrogen and oxygen atoms in total. The summed E-state index contributed by atoms with van der Waals surface area (Å²) < 4.78 is 0. The highest BCUT2D eigenvalue weighted by molar-refractivity contribution is 5.59. The molecular formula is C13H18N2. The number of benzene rings is 1. The van der Waals surface area contributed by atoms with Gasteiger partial charge in [-0.1, -0.05) is 24.3 Å². The van der Waals surface area contributed by atoms with Crippen LogP contribution in [-0.2, 0) is 0 Å². The summed E-state index contributed by atoms with van der Waals surface area (Å²) in [6, 6.07) is 8.98. The number of nitrogens with two attached hydrogens (primary N) is 1. The summed E-state index contributed by atoms with van der Waals surface area (Å²) in [4.78, 5) is 0. The van der Waals surface area contributed by atoms with Crippen molar-refractivity contribution in [3.63, 3.8) is 0 Å². The first-order chi connectivity index (χ1) is 7.36. The van der Waals surface area contributed by atoms with Gasteiger partial charge < -0.3 is 11.1 Å². The van der Waals surface area contributed by atoms with Gasteiger partial charge in [-0.15, -0.1) is 6.58 Å². The van der Waals surface area contributed by atoms with Crippen molar-refractivity contribution in [3.05, 3.63) is 42.5 Å². The molecule has 0 radical (unpaired) electrons. The van der Waals surface area contributed by atoms with E-state index in [0.29, 0.717) is 12.0 Å². The number of nitrogens with one attached hydrogen (secondary N) is 1. The summed E-state index contributed by atoms with van der Waals surface area (Å²) in [5.74, 6) is 0.546. The maximum Gasteiger partial charge on any atom is 0.0378 e. The molecule has 0 amide bonds. The highest BCUT2D eigenvalue weighted by Crippen LogP contribution is 2.38. The number of hydrogen-bond acceptors (Lipinski definition) is 2. The lowest BCUT2D eigenvalue weighted by atomic mass is 9.90. The third-order valence-electron chi connectivity index (χ3n) is 3.09. The minimum absolute atomic E-state index is 0.475. The van der Waals surface area contributed by atoms with Crippen LogP contribution in [0.4, 0.5) is 5.69 Å². The normalized spacial score (nSPS) is 23.3. The molecular weight excluding hydrogens is 184 g/mol. The van der Waals surface area contributed by atoms with E-state index < -0.39 is 0 Å². The third-order valence-corrected chi connectivity index (χ3v) is 3.09. The summed E-state index contributed by atoms with van der Waals surface area (Å²) in [6.45, 7) is 4.55. The molecule has 2 rings (SSSR count). The second-order valence-electron chi connectivity index (χ2n) is 4.05. The van der Waals surface area contributed by atoms with Gasteiger partial charge in [0.15, 0.2) is 0 Å². The summed E-state index contributed by atoms with van der Waals surface area (Å²) in [6.07, 6.45) is 4.02. The molecule has 15 heavy (non-hydrogen) atoms. The van der Waals surface area contributed by atoms with Gasteiger partial charge in [0.1, 0.15) is 0 Å². The molecule has 0 bridgehead atoms. The van der Waals surface area contributed by atoms with Crippen LogP contribution in [0.15, 0.2) is 36.9 Å². The fourth-order valence-corrected chi connectivity index (χ4v) is 2.41. The maximum atomic E-state index is 5.67. The largest absolute Gasteiger partial charge is 0.381 e. The van der Waals surface area contributed by atoms with Crippen molar-refractivity contribution < 1.29 is 0 Å². The van der Waals surface area contributed by atoms with E-state index in [0.717, 1.165) is 19.4 Å². The Morgan fingerprint density at radius 1 is 1.40 bits per heavy atom. The van der Waals surface area contributed by atoms with Crippen LogP contribution >= 0.6 is 0 Å². The van der Waals surface area contributed by atoms with E-state index in [1.807, 2.05) is 6.08 Å². The van der Waals surface area contributed by atoms with Crippen molar-refractivity contribution in [2.24, 2.45) is 5.73 Å². The molecule has 3 N–H and O–H groups in total. The van der Waals surface area contributed by atoms with Crippen molar-refractivity contribution in [3.8, 4) is 0 Å². The first-order valence-corrected chi connectivity index (χ1v) is 5.53. The van der Waals surface area contributed by atoms with E-state index in [1.165, 1.54) is 11.3 Å². The van der Waals surface area contributed by atoms with E-state index >= 15 is 0 Å². The average Bonchev–Trinajstić information content (AvgIpc) is 2.59. The van der Waals surface area contributed by atoms with E-state index in [-0.39, 0.29) is 0 Å². The van der Waals surface area contributed by atoms with E-state index in [1.54, 1.807) is 0 Å². The lowest BCUT2D eigenvalue weighted by Crippen LogP contribution is -2.21. The van der Waals surface area contributed by atoms with Crippen LogP contribution in [0.5, 0.6) is 0 Å². The molecule has 0 aliphatic carbocycles. The molecule has 0 saturated heterocycles. The third kappa shape index (κ3) is 1.90. The standard InChI is InChI=1S/C13H18N2/c1-2-5-12-11(8-9-14)10-6-3-4-7-13(10)15-12/h2-4,6-7,11-12,15H,1,5,8-9,14H2/t11-,12-/m1/s1. The van der Waals surface area contributed by atoms with Gasteiger partial charge in [-0.05, 0) is 31.0 Å². The fourth-order valence-electron chi connectivity index (χ4n) is 2.41. The van der Waals surface area contributed by atoms with Gasteiger partial charge in [-0.3, -0.25) is 0 Å². The van der Waals surface area contributed by atoms with Crippen LogP contribution in [0.1, 0.15) is 24.3 Å². The van der Waals surface area contributed by atoms with E-state index in [4.69, 9.17) is 5.73 Å². The van der Waals surface area contributed by atoms with Crippen LogP contribution in [0.2, 0.25) is 0 Å². The maximum absolute atomic E-state index is 5.67. The van der Waals surface area contributed by atoms with Gasteiger partial charge >= 0.3 is 0 Å². The van der Waals surface area contributed by atoms with Gasteiger partial charge in [0, 0.05) is 17.6 Å². The van der Waals surface area contributed by atoms with Gasteiger partial charge in [0.25, 0.3) is 0 Å². The quantitative estimate of drug-likeness (QED) is 0.736. The number of anilines is 1. The van der Waals surface area contributed by atoms with Crippen molar-refractivity contribution in [1.82, 2.24) is 0 Å². The smallest absolute Gasteiger partial charge is 0.0378 e. The van der Waals surface area contributed by atoms with Crippen LogP contribution in [0.3, 0.4) is 0 Å². The van der Waals surface area contributed by atoms with Gasteiger partial charge in [0.05, 0.1) is 0 Å². The summed E-state index contributed by atoms with van der Waals surface area (Å²) >= 11 is 0. The molecule has 0 fully saturated rings. The monoisotopic (exact) mass is 202 g/mol. The molecule has 1 aromatic carbocycles. The van der Waals surface area contributed by atoms with Gasteiger partial charge in [-0.2, -0.15) is 0 Å². The van der Waals surface area contributed by atoms with Crippen LogP contribution < -0.4 is 11.1 Å². The summed E-state index contributed by atoms with van der Waals surface area (Å²) in [5.41, 5.74) is 8.35. The molecule has 2 heteroatoms. The average molecular weight is 202 g/mol. The predicted molar refractivity (Wildman–Crippen MR) is 65.1 cm³/mol. The lowest BCUT2D eigenvalue weighted by molar-refractivity contribution is 0.563. The summed E-state index contributed by atoms with van der Waals surface area (Å²) in [7, 11) is 0. The first kappa shape index (κ1) is 10.2. The predicted octanol–water partition coefficient (Wildman–Crippen LogP) is 2.49. The zero-order valence-corrected chi connectivity index (χ0v) is 8.95. The SMILES string of the molecule is C=CC[C@H]1Nc2ccccc2[C@H]1CCN.